The third-order valence-corrected chi connectivity index (χ3v) is 5.12. The molecule has 0 radical (unpaired) electrons. The number of nitrogens with one attached hydrogen (secondary N) is 1. The molecule has 116 valence electrons. The van der Waals surface area contributed by atoms with Crippen molar-refractivity contribution in [3.05, 3.63) is 30.0 Å². The molecule has 0 unspecified atom stereocenters. The topological polar surface area (TPSA) is 28.2 Å². The fourth-order valence-electron chi connectivity index (χ4n) is 3.50. The number of rotatable bonds is 3. The lowest BCUT2D eigenvalue weighted by molar-refractivity contribution is 0.437. The van der Waals surface area contributed by atoms with Gasteiger partial charge in [0.25, 0.3) is 0 Å². The van der Waals surface area contributed by atoms with Gasteiger partial charge in [-0.2, -0.15) is 0 Å². The van der Waals surface area contributed by atoms with Crippen molar-refractivity contribution < 1.29 is 0 Å². The maximum Gasteiger partial charge on any atom is 0.136 e. The highest BCUT2D eigenvalue weighted by molar-refractivity contribution is 6.02. The third kappa shape index (κ3) is 2.53. The summed E-state index contributed by atoms with van der Waals surface area (Å²) in [6, 6.07) is 7.27. The fourth-order valence-corrected chi connectivity index (χ4v) is 3.50. The number of anilines is 2. The van der Waals surface area contributed by atoms with E-state index in [1.807, 2.05) is 0 Å². The smallest absolute Gasteiger partial charge is 0.136 e. The Kier molecular flexibility index (Phi) is 3.44. The first kappa shape index (κ1) is 13.9. The van der Waals surface area contributed by atoms with Gasteiger partial charge in [0.2, 0.25) is 0 Å². The van der Waals surface area contributed by atoms with E-state index in [4.69, 9.17) is 4.98 Å². The SMILES string of the molecule is Cc1cccc2c(N3CCC(C)CC3)ncc(NC3CC3)c12. The van der Waals surface area contributed by atoms with Crippen molar-refractivity contribution in [2.45, 2.75) is 45.6 Å². The second kappa shape index (κ2) is 5.45. The molecule has 0 spiro atoms. The summed E-state index contributed by atoms with van der Waals surface area (Å²) >= 11 is 0. The van der Waals surface area contributed by atoms with Gasteiger partial charge < -0.3 is 10.2 Å². The highest BCUT2D eigenvalue weighted by atomic mass is 15.2. The molecule has 4 rings (SSSR count). The summed E-state index contributed by atoms with van der Waals surface area (Å²) in [7, 11) is 0. The van der Waals surface area contributed by atoms with Gasteiger partial charge in [0, 0.05) is 29.9 Å². The Morgan fingerprint density at radius 1 is 1.14 bits per heavy atom. The van der Waals surface area contributed by atoms with Gasteiger partial charge in [-0.3, -0.25) is 0 Å². The average molecular weight is 295 g/mol. The Hall–Kier alpha value is -1.77. The second-order valence-corrected chi connectivity index (χ2v) is 7.08. The first-order valence-corrected chi connectivity index (χ1v) is 8.62. The summed E-state index contributed by atoms with van der Waals surface area (Å²) in [5, 5.41) is 6.32. The van der Waals surface area contributed by atoms with Crippen LogP contribution in [0.1, 0.15) is 38.2 Å². The normalized spacial score (nSPS) is 19.6. The minimum atomic E-state index is 0.659. The van der Waals surface area contributed by atoms with Gasteiger partial charge in [0.1, 0.15) is 5.82 Å². The molecule has 3 nitrogen and oxygen atoms in total. The number of hydrogen-bond acceptors (Lipinski definition) is 3. The Bertz CT molecular complexity index is 682. The predicted octanol–water partition coefficient (Wildman–Crippen LogP) is 4.35. The van der Waals surface area contributed by atoms with Crippen LogP contribution >= 0.6 is 0 Å². The number of pyridine rings is 1. The molecule has 1 aliphatic heterocycles. The number of aromatic nitrogens is 1. The predicted molar refractivity (Wildman–Crippen MR) is 93.7 cm³/mol. The van der Waals surface area contributed by atoms with Crippen LogP contribution in [0, 0.1) is 12.8 Å². The van der Waals surface area contributed by atoms with Crippen LogP contribution in [-0.2, 0) is 0 Å². The number of piperidine rings is 1. The molecule has 2 aliphatic rings. The lowest BCUT2D eigenvalue weighted by atomic mass is 9.98. The van der Waals surface area contributed by atoms with E-state index >= 15 is 0 Å². The molecule has 22 heavy (non-hydrogen) atoms. The molecular weight excluding hydrogens is 270 g/mol. The van der Waals surface area contributed by atoms with Crippen LogP contribution in [0.2, 0.25) is 0 Å². The quantitative estimate of drug-likeness (QED) is 0.912. The van der Waals surface area contributed by atoms with E-state index in [-0.39, 0.29) is 0 Å². The summed E-state index contributed by atoms with van der Waals surface area (Å²) in [6.07, 6.45) is 7.19. The van der Waals surface area contributed by atoms with Crippen LogP contribution in [0.5, 0.6) is 0 Å². The molecule has 1 saturated carbocycles. The van der Waals surface area contributed by atoms with Crippen LogP contribution in [0.25, 0.3) is 10.8 Å². The number of benzene rings is 1. The molecule has 2 aromatic rings. The lowest BCUT2D eigenvalue weighted by Crippen LogP contribution is -2.33. The van der Waals surface area contributed by atoms with Crippen LogP contribution in [0.15, 0.2) is 24.4 Å². The molecule has 1 saturated heterocycles. The standard InChI is InChI=1S/C19H25N3/c1-13-8-10-22(11-9-13)19-16-5-3-4-14(2)18(16)17(12-20-19)21-15-6-7-15/h3-5,12-13,15,21H,6-11H2,1-2H3. The summed E-state index contributed by atoms with van der Waals surface area (Å²) in [5.74, 6) is 2.02. The molecule has 1 aromatic carbocycles. The minimum absolute atomic E-state index is 0.659. The average Bonchev–Trinajstić information content (AvgIpc) is 3.33. The molecule has 0 bridgehead atoms. The fraction of sp³-hybridized carbons (Fsp3) is 0.526. The maximum atomic E-state index is 4.84. The Balaban J connectivity index is 1.77. The molecule has 1 aliphatic carbocycles. The monoisotopic (exact) mass is 295 g/mol. The van der Waals surface area contributed by atoms with Crippen molar-refractivity contribution in [3.63, 3.8) is 0 Å². The zero-order valence-electron chi connectivity index (χ0n) is 13.6. The van der Waals surface area contributed by atoms with Crippen molar-refractivity contribution in [1.82, 2.24) is 4.98 Å². The summed E-state index contributed by atoms with van der Waals surface area (Å²) in [4.78, 5) is 7.32. The summed E-state index contributed by atoms with van der Waals surface area (Å²) in [5.41, 5.74) is 2.56. The molecule has 0 atom stereocenters. The van der Waals surface area contributed by atoms with Crippen LogP contribution in [-0.4, -0.2) is 24.1 Å². The van der Waals surface area contributed by atoms with Crippen molar-refractivity contribution in [2.24, 2.45) is 5.92 Å². The zero-order chi connectivity index (χ0) is 15.1. The van der Waals surface area contributed by atoms with E-state index in [0.717, 1.165) is 19.0 Å². The van der Waals surface area contributed by atoms with E-state index in [1.54, 1.807) is 0 Å². The van der Waals surface area contributed by atoms with Crippen molar-refractivity contribution >= 4 is 22.3 Å². The van der Waals surface area contributed by atoms with Crippen molar-refractivity contribution in [2.75, 3.05) is 23.3 Å². The Morgan fingerprint density at radius 2 is 1.91 bits per heavy atom. The number of hydrogen-bond donors (Lipinski definition) is 1. The van der Waals surface area contributed by atoms with Gasteiger partial charge in [-0.1, -0.05) is 25.1 Å². The number of nitrogens with zero attached hydrogens (tertiary/aromatic N) is 2. The molecule has 0 amide bonds. The van der Waals surface area contributed by atoms with Gasteiger partial charge in [-0.05, 0) is 44.1 Å². The van der Waals surface area contributed by atoms with E-state index in [1.165, 1.54) is 53.5 Å². The van der Waals surface area contributed by atoms with Gasteiger partial charge in [-0.25, -0.2) is 4.98 Å². The number of fused-ring (bicyclic) bond motifs is 1. The Morgan fingerprint density at radius 3 is 2.64 bits per heavy atom. The molecule has 2 fully saturated rings. The van der Waals surface area contributed by atoms with Gasteiger partial charge >= 0.3 is 0 Å². The maximum absolute atomic E-state index is 4.84. The minimum Gasteiger partial charge on any atom is -0.381 e. The summed E-state index contributed by atoms with van der Waals surface area (Å²) in [6.45, 7) is 6.83. The van der Waals surface area contributed by atoms with E-state index in [2.05, 4.69) is 48.5 Å². The molecule has 1 aromatic heterocycles. The van der Waals surface area contributed by atoms with E-state index < -0.39 is 0 Å². The lowest BCUT2D eigenvalue weighted by Gasteiger charge is -2.32. The van der Waals surface area contributed by atoms with E-state index in [0.29, 0.717) is 6.04 Å². The summed E-state index contributed by atoms with van der Waals surface area (Å²) < 4.78 is 0. The molecule has 3 heteroatoms. The first-order chi connectivity index (χ1) is 10.7. The van der Waals surface area contributed by atoms with Crippen LogP contribution in [0.3, 0.4) is 0 Å². The largest absolute Gasteiger partial charge is 0.381 e. The highest BCUT2D eigenvalue weighted by Crippen LogP contribution is 2.36. The first-order valence-electron chi connectivity index (χ1n) is 8.62. The van der Waals surface area contributed by atoms with Gasteiger partial charge in [-0.15, -0.1) is 0 Å². The second-order valence-electron chi connectivity index (χ2n) is 7.08. The highest BCUT2D eigenvalue weighted by Gasteiger charge is 2.24. The van der Waals surface area contributed by atoms with Gasteiger partial charge in [0.15, 0.2) is 0 Å². The third-order valence-electron chi connectivity index (χ3n) is 5.12. The molecular formula is C19H25N3. The van der Waals surface area contributed by atoms with Gasteiger partial charge in [0.05, 0.1) is 11.9 Å². The Labute approximate surface area is 132 Å². The van der Waals surface area contributed by atoms with E-state index in [9.17, 15) is 0 Å². The van der Waals surface area contributed by atoms with Crippen molar-refractivity contribution in [3.8, 4) is 0 Å². The van der Waals surface area contributed by atoms with Crippen LogP contribution in [0.4, 0.5) is 11.5 Å². The van der Waals surface area contributed by atoms with Crippen molar-refractivity contribution in [1.29, 1.82) is 0 Å². The molecule has 1 N–H and O–H groups in total. The molecule has 2 heterocycles. The van der Waals surface area contributed by atoms with Crippen LogP contribution < -0.4 is 10.2 Å². The number of aryl methyl sites for hydroxylation is 1. The zero-order valence-corrected chi connectivity index (χ0v) is 13.6.